The van der Waals surface area contributed by atoms with E-state index >= 15 is 0 Å². The van der Waals surface area contributed by atoms with E-state index in [9.17, 15) is 9.59 Å². The zero-order valence-corrected chi connectivity index (χ0v) is 14.2. The molecule has 1 aromatic heterocycles. The van der Waals surface area contributed by atoms with Crippen molar-refractivity contribution in [2.75, 3.05) is 0 Å². The van der Waals surface area contributed by atoms with Gasteiger partial charge in [0.25, 0.3) is 0 Å². The molecule has 0 aliphatic heterocycles. The minimum absolute atomic E-state index is 0.178. The summed E-state index contributed by atoms with van der Waals surface area (Å²) in [6.45, 7) is 1.65. The molecule has 1 amide bonds. The maximum absolute atomic E-state index is 12.4. The van der Waals surface area contributed by atoms with Gasteiger partial charge in [-0.1, -0.05) is 54.1 Å². The van der Waals surface area contributed by atoms with E-state index < -0.39 is 5.69 Å². The Hall–Kier alpha value is -2.93. The second-order valence-electron chi connectivity index (χ2n) is 5.48. The Bertz CT molecular complexity index is 935. The summed E-state index contributed by atoms with van der Waals surface area (Å²) in [7, 11) is 0. The topological polar surface area (TPSA) is 81.8 Å². The third kappa shape index (κ3) is 3.77. The van der Waals surface area contributed by atoms with E-state index in [2.05, 4.69) is 15.7 Å². The molecule has 0 aliphatic rings. The summed E-state index contributed by atoms with van der Waals surface area (Å²) in [5.74, 6) is -0.329. The predicted molar refractivity (Wildman–Crippen MR) is 93.6 cm³/mol. The molecular weight excluding hydrogens is 342 g/mol. The summed E-state index contributed by atoms with van der Waals surface area (Å²) in [5, 5.41) is 10.7. The van der Waals surface area contributed by atoms with E-state index in [-0.39, 0.29) is 18.5 Å². The molecule has 128 valence electrons. The first kappa shape index (κ1) is 16.9. The van der Waals surface area contributed by atoms with Crippen LogP contribution in [-0.4, -0.2) is 25.7 Å². The average molecular weight is 358 g/mol. The van der Waals surface area contributed by atoms with E-state index in [1.165, 1.54) is 0 Å². The minimum Gasteiger partial charge on any atom is -0.348 e. The Morgan fingerprint density at radius 1 is 1.12 bits per heavy atom. The molecule has 2 aromatic carbocycles. The first-order valence-electron chi connectivity index (χ1n) is 7.68. The van der Waals surface area contributed by atoms with Gasteiger partial charge in [-0.2, -0.15) is 9.36 Å². The number of aromatic nitrogens is 4. The van der Waals surface area contributed by atoms with Crippen molar-refractivity contribution in [1.82, 2.24) is 25.1 Å². The van der Waals surface area contributed by atoms with Crippen LogP contribution in [0.25, 0.3) is 5.69 Å². The Labute approximate surface area is 148 Å². The van der Waals surface area contributed by atoms with Gasteiger partial charge in [0, 0.05) is 0 Å². The van der Waals surface area contributed by atoms with Crippen LogP contribution < -0.4 is 11.0 Å². The molecule has 7 nitrogen and oxygen atoms in total. The number of benzene rings is 2. The first-order chi connectivity index (χ1) is 12.1. The normalized spacial score (nSPS) is 11.9. The average Bonchev–Trinajstić information content (AvgIpc) is 2.96. The van der Waals surface area contributed by atoms with Gasteiger partial charge in [0.1, 0.15) is 6.54 Å². The highest BCUT2D eigenvalue weighted by atomic mass is 35.5. The molecule has 1 N–H and O–H groups in total. The third-order valence-corrected chi connectivity index (χ3v) is 4.01. The van der Waals surface area contributed by atoms with Gasteiger partial charge in [0.15, 0.2) is 0 Å². The lowest BCUT2D eigenvalue weighted by Gasteiger charge is -2.13. The fourth-order valence-corrected chi connectivity index (χ4v) is 2.61. The number of carbonyl (C=O) groups excluding carboxylic acids is 1. The number of carbonyl (C=O) groups is 1. The summed E-state index contributed by atoms with van der Waals surface area (Å²) in [4.78, 5) is 24.6. The molecule has 3 rings (SSSR count). The lowest BCUT2D eigenvalue weighted by Crippen LogP contribution is -2.34. The number of halogens is 1. The first-order valence-corrected chi connectivity index (χ1v) is 8.06. The van der Waals surface area contributed by atoms with E-state index in [0.717, 1.165) is 14.9 Å². The number of hydrogen-bond acceptors (Lipinski definition) is 4. The molecule has 0 bridgehead atoms. The highest BCUT2D eigenvalue weighted by Gasteiger charge is 2.15. The van der Waals surface area contributed by atoms with Crippen LogP contribution in [-0.2, 0) is 11.3 Å². The quantitative estimate of drug-likeness (QED) is 0.756. The molecule has 3 aromatic rings. The number of nitrogens with one attached hydrogen (secondary N) is 1. The predicted octanol–water partition coefficient (Wildman–Crippen LogP) is 1.96. The maximum atomic E-state index is 12.4. The standard InChI is InChI=1S/C17H16ClN5O2/c1-12(13-7-3-2-4-8-13)19-16(24)11-22-17(25)23(21-20-22)15-10-6-5-9-14(15)18/h2-10,12H,11H2,1H3,(H,19,24)/t12-/m0/s1. The van der Waals surface area contributed by atoms with Crippen LogP contribution in [0, 0.1) is 0 Å². The van der Waals surface area contributed by atoms with Gasteiger partial charge in [-0.05, 0) is 35.0 Å². The van der Waals surface area contributed by atoms with Crippen molar-refractivity contribution in [3.8, 4) is 5.69 Å². The van der Waals surface area contributed by atoms with E-state index in [0.29, 0.717) is 10.7 Å². The van der Waals surface area contributed by atoms with Gasteiger partial charge in [-0.25, -0.2) is 4.79 Å². The van der Waals surface area contributed by atoms with Crippen LogP contribution in [0.3, 0.4) is 0 Å². The number of amides is 1. The number of tetrazole rings is 1. The number of hydrogen-bond donors (Lipinski definition) is 1. The Morgan fingerprint density at radius 3 is 2.52 bits per heavy atom. The molecule has 0 aliphatic carbocycles. The van der Waals surface area contributed by atoms with Crippen molar-refractivity contribution in [3.05, 3.63) is 75.7 Å². The number of para-hydroxylation sites is 1. The number of nitrogens with zero attached hydrogens (tertiary/aromatic N) is 4. The van der Waals surface area contributed by atoms with Gasteiger partial charge in [0.05, 0.1) is 16.8 Å². The smallest absolute Gasteiger partial charge is 0.348 e. The third-order valence-electron chi connectivity index (χ3n) is 3.69. The van der Waals surface area contributed by atoms with Crippen molar-refractivity contribution >= 4 is 17.5 Å². The molecule has 0 radical (unpaired) electrons. The minimum atomic E-state index is -0.532. The van der Waals surface area contributed by atoms with Gasteiger partial charge < -0.3 is 5.32 Å². The highest BCUT2D eigenvalue weighted by molar-refractivity contribution is 6.32. The fraction of sp³-hybridized carbons (Fsp3) is 0.176. The van der Waals surface area contributed by atoms with Crippen LogP contribution in [0.4, 0.5) is 0 Å². The van der Waals surface area contributed by atoms with Crippen LogP contribution in [0.2, 0.25) is 5.02 Å². The molecule has 0 saturated heterocycles. The summed E-state index contributed by atoms with van der Waals surface area (Å²) in [6.07, 6.45) is 0. The molecule has 0 spiro atoms. The maximum Gasteiger partial charge on any atom is 0.369 e. The second kappa shape index (κ2) is 7.31. The molecule has 25 heavy (non-hydrogen) atoms. The SMILES string of the molecule is C[C@H](NC(=O)Cn1nnn(-c2ccccc2Cl)c1=O)c1ccccc1. The van der Waals surface area contributed by atoms with Crippen molar-refractivity contribution in [1.29, 1.82) is 0 Å². The fourth-order valence-electron chi connectivity index (χ4n) is 2.40. The van der Waals surface area contributed by atoms with Crippen molar-refractivity contribution in [2.24, 2.45) is 0 Å². The van der Waals surface area contributed by atoms with Crippen molar-refractivity contribution in [3.63, 3.8) is 0 Å². The summed E-state index contributed by atoms with van der Waals surface area (Å²) in [6, 6.07) is 16.2. The lowest BCUT2D eigenvalue weighted by molar-refractivity contribution is -0.122. The Balaban J connectivity index is 1.73. The summed E-state index contributed by atoms with van der Waals surface area (Å²) < 4.78 is 2.06. The Kier molecular flexibility index (Phi) is 4.95. The van der Waals surface area contributed by atoms with Gasteiger partial charge in [0.2, 0.25) is 5.91 Å². The molecule has 8 heteroatoms. The van der Waals surface area contributed by atoms with Crippen molar-refractivity contribution in [2.45, 2.75) is 19.5 Å². The van der Waals surface area contributed by atoms with Crippen LogP contribution in [0.5, 0.6) is 0 Å². The molecule has 0 unspecified atom stereocenters. The van der Waals surface area contributed by atoms with Crippen LogP contribution in [0.15, 0.2) is 59.4 Å². The highest BCUT2D eigenvalue weighted by Crippen LogP contribution is 2.16. The molecular formula is C17H16ClN5O2. The van der Waals surface area contributed by atoms with Gasteiger partial charge in [-0.15, -0.1) is 0 Å². The lowest BCUT2D eigenvalue weighted by atomic mass is 10.1. The zero-order valence-electron chi connectivity index (χ0n) is 13.5. The second-order valence-corrected chi connectivity index (χ2v) is 5.89. The molecule has 1 heterocycles. The van der Waals surface area contributed by atoms with Gasteiger partial charge in [-0.3, -0.25) is 4.79 Å². The van der Waals surface area contributed by atoms with Gasteiger partial charge >= 0.3 is 5.69 Å². The van der Waals surface area contributed by atoms with E-state index in [1.54, 1.807) is 24.3 Å². The molecule has 1 atom stereocenters. The largest absolute Gasteiger partial charge is 0.369 e. The van der Waals surface area contributed by atoms with E-state index in [4.69, 9.17) is 11.6 Å². The zero-order chi connectivity index (χ0) is 17.8. The monoisotopic (exact) mass is 357 g/mol. The van der Waals surface area contributed by atoms with E-state index in [1.807, 2.05) is 37.3 Å². The summed E-state index contributed by atoms with van der Waals surface area (Å²) >= 11 is 6.07. The molecule has 0 saturated carbocycles. The summed E-state index contributed by atoms with van der Waals surface area (Å²) in [5.41, 5.74) is 0.858. The Morgan fingerprint density at radius 2 is 1.80 bits per heavy atom. The van der Waals surface area contributed by atoms with Crippen molar-refractivity contribution < 1.29 is 4.79 Å². The molecule has 0 fully saturated rings. The van der Waals surface area contributed by atoms with Crippen LogP contribution >= 0.6 is 11.6 Å². The van der Waals surface area contributed by atoms with Crippen LogP contribution in [0.1, 0.15) is 18.5 Å². The number of rotatable bonds is 5.